The van der Waals surface area contributed by atoms with E-state index in [9.17, 15) is 4.79 Å². The Morgan fingerprint density at radius 3 is 2.80 bits per heavy atom. The lowest BCUT2D eigenvalue weighted by atomic mass is 10.1. The quantitative estimate of drug-likeness (QED) is 0.738. The molecule has 0 bridgehead atoms. The van der Waals surface area contributed by atoms with Gasteiger partial charge in [0.1, 0.15) is 6.33 Å². The normalized spacial score (nSPS) is 10.4. The van der Waals surface area contributed by atoms with Crippen LogP contribution in [0.2, 0.25) is 0 Å². The molecule has 0 unspecified atom stereocenters. The fraction of sp³-hybridized carbons (Fsp3) is 0.385. The Morgan fingerprint density at radius 2 is 2.15 bits per heavy atom. The van der Waals surface area contributed by atoms with E-state index in [-0.39, 0.29) is 5.91 Å². The second-order valence-corrected chi connectivity index (χ2v) is 4.29. The fourth-order valence-electron chi connectivity index (χ4n) is 1.74. The van der Waals surface area contributed by atoms with Crippen LogP contribution in [-0.2, 0) is 16.0 Å². The van der Waals surface area contributed by atoms with Gasteiger partial charge in [-0.3, -0.25) is 4.79 Å². The van der Waals surface area contributed by atoms with E-state index in [0.717, 1.165) is 17.7 Å². The van der Waals surface area contributed by atoms with E-state index in [1.54, 1.807) is 11.8 Å². The highest BCUT2D eigenvalue weighted by molar-refractivity contribution is 5.78. The Kier molecular flexibility index (Phi) is 5.19. The molecule has 0 aliphatic carbocycles. The number of methoxy groups -OCH3 is 1. The summed E-state index contributed by atoms with van der Waals surface area (Å²) in [5, 5.41) is 13.8. The van der Waals surface area contributed by atoms with Crippen LogP contribution in [0.1, 0.15) is 12.0 Å². The topological polar surface area (TPSA) is 81.9 Å². The smallest absolute Gasteiger partial charge is 0.224 e. The van der Waals surface area contributed by atoms with Crippen molar-refractivity contribution >= 4 is 5.91 Å². The van der Waals surface area contributed by atoms with Crippen LogP contribution in [0.25, 0.3) is 5.69 Å². The Morgan fingerprint density at radius 1 is 1.35 bits per heavy atom. The SMILES string of the molecule is COCCCNC(=O)Cc1ccc(-n2cnnn2)cc1. The molecular weight excluding hydrogens is 258 g/mol. The van der Waals surface area contributed by atoms with Crippen LogP contribution in [0.5, 0.6) is 0 Å². The minimum atomic E-state index is 0.0104. The number of tetrazole rings is 1. The molecule has 1 N–H and O–H groups in total. The first-order valence-corrected chi connectivity index (χ1v) is 6.37. The van der Waals surface area contributed by atoms with Crippen LogP contribution in [0.4, 0.5) is 0 Å². The number of aromatic nitrogens is 4. The first-order chi connectivity index (χ1) is 9.79. The first-order valence-electron chi connectivity index (χ1n) is 6.37. The number of carbonyl (C=O) groups is 1. The molecule has 0 radical (unpaired) electrons. The van der Waals surface area contributed by atoms with Crippen LogP contribution in [-0.4, -0.2) is 46.4 Å². The fourth-order valence-corrected chi connectivity index (χ4v) is 1.74. The van der Waals surface area contributed by atoms with Gasteiger partial charge in [0.05, 0.1) is 12.1 Å². The summed E-state index contributed by atoms with van der Waals surface area (Å²) < 4.78 is 6.48. The number of benzene rings is 1. The van der Waals surface area contributed by atoms with Crippen LogP contribution in [0.3, 0.4) is 0 Å². The van der Waals surface area contributed by atoms with Gasteiger partial charge in [-0.1, -0.05) is 12.1 Å². The van der Waals surface area contributed by atoms with E-state index in [4.69, 9.17) is 4.74 Å². The third-order valence-corrected chi connectivity index (χ3v) is 2.76. The predicted molar refractivity (Wildman–Crippen MR) is 72.4 cm³/mol. The Bertz CT molecular complexity index is 524. The van der Waals surface area contributed by atoms with Gasteiger partial charge in [-0.15, -0.1) is 5.10 Å². The molecule has 1 aromatic carbocycles. The largest absolute Gasteiger partial charge is 0.385 e. The Labute approximate surface area is 116 Å². The minimum absolute atomic E-state index is 0.0104. The molecule has 0 saturated carbocycles. The van der Waals surface area contributed by atoms with Gasteiger partial charge in [-0.25, -0.2) is 4.68 Å². The molecule has 20 heavy (non-hydrogen) atoms. The van der Waals surface area contributed by atoms with Gasteiger partial charge in [0, 0.05) is 20.3 Å². The zero-order valence-corrected chi connectivity index (χ0v) is 11.3. The van der Waals surface area contributed by atoms with Crippen molar-refractivity contribution in [3.63, 3.8) is 0 Å². The Hall–Kier alpha value is -2.28. The number of carbonyl (C=O) groups excluding carboxylic acids is 1. The van der Waals surface area contributed by atoms with E-state index >= 15 is 0 Å². The molecule has 0 fully saturated rings. The molecule has 7 heteroatoms. The number of hydrogen-bond acceptors (Lipinski definition) is 5. The van der Waals surface area contributed by atoms with Crippen molar-refractivity contribution in [1.29, 1.82) is 0 Å². The van der Waals surface area contributed by atoms with Crippen LogP contribution >= 0.6 is 0 Å². The number of nitrogens with zero attached hydrogens (tertiary/aromatic N) is 4. The summed E-state index contributed by atoms with van der Waals surface area (Å²) in [5.41, 5.74) is 1.81. The van der Waals surface area contributed by atoms with Gasteiger partial charge in [-0.2, -0.15) is 0 Å². The summed E-state index contributed by atoms with van der Waals surface area (Å²) in [5.74, 6) is 0.0104. The highest BCUT2D eigenvalue weighted by atomic mass is 16.5. The summed E-state index contributed by atoms with van der Waals surface area (Å²) >= 11 is 0. The molecule has 2 rings (SSSR count). The van der Waals surface area contributed by atoms with Gasteiger partial charge < -0.3 is 10.1 Å². The van der Waals surface area contributed by atoms with E-state index in [2.05, 4.69) is 20.8 Å². The number of amides is 1. The minimum Gasteiger partial charge on any atom is -0.385 e. The molecule has 1 heterocycles. The summed E-state index contributed by atoms with van der Waals surface area (Å²) in [6.45, 7) is 1.29. The number of nitrogens with one attached hydrogen (secondary N) is 1. The van der Waals surface area contributed by atoms with Gasteiger partial charge in [0.2, 0.25) is 5.91 Å². The molecule has 0 atom stereocenters. The van der Waals surface area contributed by atoms with Gasteiger partial charge in [0.15, 0.2) is 0 Å². The molecular formula is C13H17N5O2. The zero-order chi connectivity index (χ0) is 14.2. The lowest BCUT2D eigenvalue weighted by Gasteiger charge is -2.05. The average Bonchev–Trinajstić information content (AvgIpc) is 2.99. The number of rotatable bonds is 7. The van der Waals surface area contributed by atoms with Crippen molar-refractivity contribution in [2.75, 3.05) is 20.3 Å². The average molecular weight is 275 g/mol. The standard InChI is InChI=1S/C13H17N5O2/c1-20-8-2-7-14-13(19)9-11-3-5-12(6-4-11)18-10-15-16-17-18/h3-6,10H,2,7-9H2,1H3,(H,14,19). The summed E-state index contributed by atoms with van der Waals surface area (Å²) in [4.78, 5) is 11.7. The first kappa shape index (κ1) is 14.1. The van der Waals surface area contributed by atoms with Crippen LogP contribution in [0, 0.1) is 0 Å². The maximum absolute atomic E-state index is 11.7. The van der Waals surface area contributed by atoms with E-state index in [1.165, 1.54) is 6.33 Å². The van der Waals surface area contributed by atoms with Crippen molar-refractivity contribution in [2.24, 2.45) is 0 Å². The van der Waals surface area contributed by atoms with Gasteiger partial charge in [0.25, 0.3) is 0 Å². The second-order valence-electron chi connectivity index (χ2n) is 4.29. The van der Waals surface area contributed by atoms with Gasteiger partial charge in [-0.05, 0) is 34.5 Å². The second kappa shape index (κ2) is 7.34. The van der Waals surface area contributed by atoms with Gasteiger partial charge >= 0.3 is 0 Å². The van der Waals surface area contributed by atoms with E-state index < -0.39 is 0 Å². The molecule has 0 spiro atoms. The highest BCUT2D eigenvalue weighted by Gasteiger charge is 2.04. The maximum Gasteiger partial charge on any atom is 0.224 e. The molecule has 1 amide bonds. The highest BCUT2D eigenvalue weighted by Crippen LogP contribution is 2.08. The molecule has 7 nitrogen and oxygen atoms in total. The molecule has 106 valence electrons. The summed E-state index contributed by atoms with van der Waals surface area (Å²) in [6, 6.07) is 7.55. The molecule has 1 aromatic heterocycles. The predicted octanol–water partition coefficient (Wildman–Crippen LogP) is 0.357. The number of hydrogen-bond donors (Lipinski definition) is 1. The van der Waals surface area contributed by atoms with Crippen molar-refractivity contribution in [2.45, 2.75) is 12.8 Å². The van der Waals surface area contributed by atoms with Crippen molar-refractivity contribution in [3.8, 4) is 5.69 Å². The lowest BCUT2D eigenvalue weighted by Crippen LogP contribution is -2.26. The van der Waals surface area contributed by atoms with Crippen LogP contribution < -0.4 is 5.32 Å². The monoisotopic (exact) mass is 275 g/mol. The molecule has 0 aliphatic rings. The third-order valence-electron chi connectivity index (χ3n) is 2.76. The van der Waals surface area contributed by atoms with E-state index in [0.29, 0.717) is 19.6 Å². The third kappa shape index (κ3) is 4.13. The van der Waals surface area contributed by atoms with Crippen molar-refractivity contribution < 1.29 is 9.53 Å². The van der Waals surface area contributed by atoms with Crippen molar-refractivity contribution in [3.05, 3.63) is 36.2 Å². The number of ether oxygens (including phenoxy) is 1. The summed E-state index contributed by atoms with van der Waals surface area (Å²) in [6.07, 6.45) is 2.71. The summed E-state index contributed by atoms with van der Waals surface area (Å²) in [7, 11) is 1.65. The maximum atomic E-state index is 11.7. The molecule has 0 saturated heterocycles. The van der Waals surface area contributed by atoms with Crippen molar-refractivity contribution in [1.82, 2.24) is 25.5 Å². The van der Waals surface area contributed by atoms with Crippen LogP contribution in [0.15, 0.2) is 30.6 Å². The zero-order valence-electron chi connectivity index (χ0n) is 11.3. The molecule has 0 aliphatic heterocycles. The Balaban J connectivity index is 1.83. The van der Waals surface area contributed by atoms with E-state index in [1.807, 2.05) is 24.3 Å². The molecule has 2 aromatic rings. The lowest BCUT2D eigenvalue weighted by molar-refractivity contribution is -0.120.